The van der Waals surface area contributed by atoms with Gasteiger partial charge in [0.1, 0.15) is 6.61 Å². The van der Waals surface area contributed by atoms with Crippen LogP contribution in [0.5, 0.6) is 0 Å². The number of carbonyl (C=O) groups excluding carboxylic acids is 1. The Kier molecular flexibility index (Phi) is 2.75. The van der Waals surface area contributed by atoms with E-state index >= 15 is 0 Å². The standard InChI is InChI=1S/C14H18O2/c1-10-12(14(10,2)3)13(15)16-9-11-7-5-4-6-8-11/h4-8,10,12H,9H2,1-3H3. The zero-order chi connectivity index (χ0) is 11.8. The molecule has 2 unspecified atom stereocenters. The predicted molar refractivity (Wildman–Crippen MR) is 62.7 cm³/mol. The minimum absolute atomic E-state index is 0.0543. The Morgan fingerprint density at radius 1 is 1.31 bits per heavy atom. The normalized spacial score (nSPS) is 26.2. The molecule has 1 fully saturated rings. The molecule has 1 aliphatic rings. The van der Waals surface area contributed by atoms with Gasteiger partial charge in [-0.2, -0.15) is 0 Å². The number of hydrogen-bond donors (Lipinski definition) is 0. The number of carbonyl (C=O) groups is 1. The van der Waals surface area contributed by atoms with Gasteiger partial charge in [-0.05, 0) is 16.9 Å². The molecule has 1 aromatic carbocycles. The molecule has 2 rings (SSSR count). The maximum atomic E-state index is 11.8. The third kappa shape index (κ3) is 1.97. The number of rotatable bonds is 3. The molecule has 2 atom stereocenters. The Hall–Kier alpha value is -1.31. The molecular formula is C14H18O2. The highest BCUT2D eigenvalue weighted by Crippen LogP contribution is 2.58. The van der Waals surface area contributed by atoms with Crippen LogP contribution >= 0.6 is 0 Å². The van der Waals surface area contributed by atoms with Gasteiger partial charge in [-0.25, -0.2) is 0 Å². The van der Waals surface area contributed by atoms with Gasteiger partial charge in [0.05, 0.1) is 5.92 Å². The summed E-state index contributed by atoms with van der Waals surface area (Å²) in [6.07, 6.45) is 0. The highest BCUT2D eigenvalue weighted by molar-refractivity contribution is 5.77. The summed E-state index contributed by atoms with van der Waals surface area (Å²) < 4.78 is 5.32. The molecule has 2 nitrogen and oxygen atoms in total. The second-order valence-electron chi connectivity index (χ2n) is 5.18. The molecule has 0 saturated heterocycles. The van der Waals surface area contributed by atoms with E-state index in [1.807, 2.05) is 30.3 Å². The minimum atomic E-state index is -0.0543. The quantitative estimate of drug-likeness (QED) is 0.729. The molecule has 2 heteroatoms. The largest absolute Gasteiger partial charge is 0.461 e. The van der Waals surface area contributed by atoms with Gasteiger partial charge in [0.25, 0.3) is 0 Å². The molecule has 0 aliphatic heterocycles. The Labute approximate surface area is 96.6 Å². The highest BCUT2D eigenvalue weighted by Gasteiger charge is 2.59. The minimum Gasteiger partial charge on any atom is -0.461 e. The van der Waals surface area contributed by atoms with Crippen molar-refractivity contribution in [3.05, 3.63) is 35.9 Å². The third-order valence-electron chi connectivity index (χ3n) is 3.84. The van der Waals surface area contributed by atoms with Crippen molar-refractivity contribution >= 4 is 5.97 Å². The van der Waals surface area contributed by atoms with E-state index in [0.29, 0.717) is 12.5 Å². The van der Waals surface area contributed by atoms with Crippen LogP contribution in [0.4, 0.5) is 0 Å². The molecule has 0 heterocycles. The van der Waals surface area contributed by atoms with E-state index in [1.54, 1.807) is 0 Å². The summed E-state index contributed by atoms with van der Waals surface area (Å²) in [5, 5.41) is 0. The van der Waals surface area contributed by atoms with Crippen LogP contribution in [-0.4, -0.2) is 5.97 Å². The van der Waals surface area contributed by atoms with E-state index in [-0.39, 0.29) is 17.3 Å². The van der Waals surface area contributed by atoms with Crippen LogP contribution in [-0.2, 0) is 16.1 Å². The molecule has 86 valence electrons. The first-order valence-electron chi connectivity index (χ1n) is 5.74. The lowest BCUT2D eigenvalue weighted by atomic mass is 10.1. The van der Waals surface area contributed by atoms with E-state index in [1.165, 1.54) is 0 Å². The molecule has 1 aliphatic carbocycles. The van der Waals surface area contributed by atoms with E-state index < -0.39 is 0 Å². The molecule has 1 saturated carbocycles. The maximum absolute atomic E-state index is 11.8. The molecule has 0 amide bonds. The fourth-order valence-corrected chi connectivity index (χ4v) is 2.22. The van der Waals surface area contributed by atoms with Gasteiger partial charge < -0.3 is 4.74 Å². The highest BCUT2D eigenvalue weighted by atomic mass is 16.5. The average Bonchev–Trinajstić information content (AvgIpc) is 2.76. The van der Waals surface area contributed by atoms with Crippen molar-refractivity contribution in [2.75, 3.05) is 0 Å². The van der Waals surface area contributed by atoms with Gasteiger partial charge >= 0.3 is 5.97 Å². The van der Waals surface area contributed by atoms with Crippen molar-refractivity contribution in [3.63, 3.8) is 0 Å². The van der Waals surface area contributed by atoms with Crippen molar-refractivity contribution in [2.45, 2.75) is 27.4 Å². The molecule has 1 aromatic rings. The summed E-state index contributed by atoms with van der Waals surface area (Å²) in [6.45, 7) is 6.73. The van der Waals surface area contributed by atoms with Crippen LogP contribution < -0.4 is 0 Å². The summed E-state index contributed by atoms with van der Waals surface area (Å²) in [4.78, 5) is 11.8. The lowest BCUT2D eigenvalue weighted by Gasteiger charge is -2.05. The zero-order valence-corrected chi connectivity index (χ0v) is 10.1. The first-order valence-corrected chi connectivity index (χ1v) is 5.74. The Morgan fingerprint density at radius 2 is 1.88 bits per heavy atom. The van der Waals surface area contributed by atoms with Crippen LogP contribution in [0.25, 0.3) is 0 Å². The molecule has 0 radical (unpaired) electrons. The summed E-state index contributed by atoms with van der Waals surface area (Å²) >= 11 is 0. The summed E-state index contributed by atoms with van der Waals surface area (Å²) in [6, 6.07) is 9.79. The molecule has 0 spiro atoms. The van der Waals surface area contributed by atoms with Gasteiger partial charge in [0.15, 0.2) is 0 Å². The van der Waals surface area contributed by atoms with E-state index in [0.717, 1.165) is 5.56 Å². The third-order valence-corrected chi connectivity index (χ3v) is 3.84. The fourth-order valence-electron chi connectivity index (χ4n) is 2.22. The summed E-state index contributed by atoms with van der Waals surface area (Å²) in [5.74, 6) is 0.466. The van der Waals surface area contributed by atoms with Crippen molar-refractivity contribution in [3.8, 4) is 0 Å². The molecule has 0 N–H and O–H groups in total. The van der Waals surface area contributed by atoms with Crippen molar-refractivity contribution < 1.29 is 9.53 Å². The number of benzene rings is 1. The first kappa shape index (κ1) is 11.2. The van der Waals surface area contributed by atoms with Crippen LogP contribution in [0.15, 0.2) is 30.3 Å². The fraction of sp³-hybridized carbons (Fsp3) is 0.500. The monoisotopic (exact) mass is 218 g/mol. The van der Waals surface area contributed by atoms with Gasteiger partial charge in [-0.1, -0.05) is 51.1 Å². The summed E-state index contributed by atoms with van der Waals surface area (Å²) in [5.41, 5.74) is 1.16. The van der Waals surface area contributed by atoms with Crippen LogP contribution in [0.2, 0.25) is 0 Å². The SMILES string of the molecule is CC1C(C(=O)OCc2ccccc2)C1(C)C. The number of hydrogen-bond acceptors (Lipinski definition) is 2. The van der Waals surface area contributed by atoms with Gasteiger partial charge in [-0.15, -0.1) is 0 Å². The Bertz CT molecular complexity index is 381. The molecule has 16 heavy (non-hydrogen) atoms. The predicted octanol–water partition coefficient (Wildman–Crippen LogP) is 3.02. The first-order chi connectivity index (χ1) is 7.53. The topological polar surface area (TPSA) is 26.3 Å². The van der Waals surface area contributed by atoms with Crippen LogP contribution in [0, 0.1) is 17.3 Å². The number of ether oxygens (including phenoxy) is 1. The maximum Gasteiger partial charge on any atom is 0.310 e. The molecule has 0 aromatic heterocycles. The lowest BCUT2D eigenvalue weighted by Crippen LogP contribution is -2.10. The molecular weight excluding hydrogens is 200 g/mol. The average molecular weight is 218 g/mol. The van der Waals surface area contributed by atoms with E-state index in [9.17, 15) is 4.79 Å². The molecule has 0 bridgehead atoms. The Morgan fingerprint density at radius 3 is 2.38 bits per heavy atom. The number of esters is 1. The van der Waals surface area contributed by atoms with Crippen LogP contribution in [0.3, 0.4) is 0 Å². The Balaban J connectivity index is 1.86. The van der Waals surface area contributed by atoms with Crippen LogP contribution in [0.1, 0.15) is 26.3 Å². The van der Waals surface area contributed by atoms with Gasteiger partial charge in [0.2, 0.25) is 0 Å². The van der Waals surface area contributed by atoms with Gasteiger partial charge in [0, 0.05) is 0 Å². The zero-order valence-electron chi connectivity index (χ0n) is 10.1. The lowest BCUT2D eigenvalue weighted by molar-refractivity contribution is -0.147. The summed E-state index contributed by atoms with van der Waals surface area (Å²) in [7, 11) is 0. The second-order valence-corrected chi connectivity index (χ2v) is 5.18. The van der Waals surface area contributed by atoms with Gasteiger partial charge in [-0.3, -0.25) is 4.79 Å². The second kappa shape index (κ2) is 3.93. The van der Waals surface area contributed by atoms with E-state index in [4.69, 9.17) is 4.74 Å². The van der Waals surface area contributed by atoms with E-state index in [2.05, 4.69) is 20.8 Å². The smallest absolute Gasteiger partial charge is 0.310 e. The van der Waals surface area contributed by atoms with Crippen molar-refractivity contribution in [2.24, 2.45) is 17.3 Å². The van der Waals surface area contributed by atoms with Crippen molar-refractivity contribution in [1.29, 1.82) is 0 Å². The van der Waals surface area contributed by atoms with Crippen molar-refractivity contribution in [1.82, 2.24) is 0 Å².